The minimum absolute atomic E-state index is 0.0478. The van der Waals surface area contributed by atoms with Gasteiger partial charge < -0.3 is 15.6 Å². The average molecular weight is 452 g/mol. The van der Waals surface area contributed by atoms with E-state index in [4.69, 9.17) is 5.73 Å². The molecule has 7 heteroatoms. The quantitative estimate of drug-likeness (QED) is 0.410. The third kappa shape index (κ3) is 4.69. The van der Waals surface area contributed by atoms with E-state index in [1.54, 1.807) is 11.8 Å². The van der Waals surface area contributed by atoms with Crippen molar-refractivity contribution in [1.82, 2.24) is 19.9 Å². The van der Waals surface area contributed by atoms with Crippen LogP contribution in [-0.2, 0) is 6.42 Å². The highest BCUT2D eigenvalue weighted by atomic mass is 32.2. The lowest BCUT2D eigenvalue weighted by Gasteiger charge is -2.30. The molecule has 2 aromatic heterocycles. The summed E-state index contributed by atoms with van der Waals surface area (Å²) in [5.41, 5.74) is 10.2. The molecule has 2 heterocycles. The molecule has 0 saturated carbocycles. The van der Waals surface area contributed by atoms with E-state index in [1.807, 2.05) is 18.3 Å². The summed E-state index contributed by atoms with van der Waals surface area (Å²) in [4.78, 5) is 22.6. The van der Waals surface area contributed by atoms with Crippen molar-refractivity contribution in [2.24, 2.45) is 10.8 Å². The molecule has 32 heavy (non-hydrogen) atoms. The third-order valence-electron chi connectivity index (χ3n) is 5.79. The summed E-state index contributed by atoms with van der Waals surface area (Å²) in [6.07, 6.45) is 5.01. The van der Waals surface area contributed by atoms with Crippen LogP contribution in [-0.4, -0.2) is 39.2 Å². The largest absolute Gasteiger partial charge is 0.383 e. The topological polar surface area (TPSA) is 85.8 Å². The maximum atomic E-state index is 12.7. The van der Waals surface area contributed by atoms with Gasteiger partial charge in [-0.25, -0.2) is 9.97 Å². The zero-order valence-corrected chi connectivity index (χ0v) is 20.5. The Morgan fingerprint density at radius 3 is 2.72 bits per heavy atom. The number of benzene rings is 1. The molecule has 1 aromatic carbocycles. The van der Waals surface area contributed by atoms with Crippen LogP contribution in [0.4, 0.5) is 5.82 Å². The minimum Gasteiger partial charge on any atom is -0.383 e. The van der Waals surface area contributed by atoms with Crippen LogP contribution in [0.3, 0.4) is 0 Å². The fourth-order valence-electron chi connectivity index (χ4n) is 4.31. The lowest BCUT2D eigenvalue weighted by molar-refractivity contribution is 0.0911. The van der Waals surface area contributed by atoms with Gasteiger partial charge in [-0.2, -0.15) is 0 Å². The zero-order chi connectivity index (χ0) is 23.1. The number of nitrogen functional groups attached to an aromatic ring is 1. The number of thioether (sulfide) groups is 1. The van der Waals surface area contributed by atoms with Crippen molar-refractivity contribution in [2.45, 2.75) is 52.4 Å². The number of Topliss-reactive ketones (excluding diaryl/α,β-unsaturated/α-hetero) is 1. The molecule has 0 unspecified atom stereocenters. The SMILES string of the molecule is CC(C)(C)CNCCSc1c(-n2ccc3c2CC(C)(C)CC3=O)ccc2c(N)ncnc12. The Labute approximate surface area is 194 Å². The molecule has 0 aliphatic heterocycles. The van der Waals surface area contributed by atoms with Gasteiger partial charge in [0.2, 0.25) is 0 Å². The van der Waals surface area contributed by atoms with Gasteiger partial charge in [0.05, 0.1) is 16.1 Å². The van der Waals surface area contributed by atoms with Crippen LogP contribution in [0, 0.1) is 10.8 Å². The van der Waals surface area contributed by atoms with Crippen LogP contribution in [0.2, 0.25) is 0 Å². The molecule has 0 bridgehead atoms. The first-order valence-corrected chi connectivity index (χ1v) is 12.1. The van der Waals surface area contributed by atoms with E-state index in [-0.39, 0.29) is 16.6 Å². The number of carbonyl (C=O) groups excluding carboxylic acids is 1. The van der Waals surface area contributed by atoms with Crippen LogP contribution in [0.15, 0.2) is 35.6 Å². The van der Waals surface area contributed by atoms with Crippen molar-refractivity contribution in [1.29, 1.82) is 0 Å². The molecule has 0 amide bonds. The second kappa shape index (κ2) is 8.52. The second-order valence-corrected chi connectivity index (χ2v) is 11.7. The van der Waals surface area contributed by atoms with Gasteiger partial charge >= 0.3 is 0 Å². The van der Waals surface area contributed by atoms with E-state index >= 15 is 0 Å². The molecule has 170 valence electrons. The lowest BCUT2D eigenvalue weighted by atomic mass is 9.76. The van der Waals surface area contributed by atoms with E-state index in [0.29, 0.717) is 12.2 Å². The first-order valence-electron chi connectivity index (χ1n) is 11.2. The summed E-state index contributed by atoms with van der Waals surface area (Å²) in [6.45, 7) is 12.9. The first-order chi connectivity index (χ1) is 15.1. The number of nitrogens with zero attached hydrogens (tertiary/aromatic N) is 3. The summed E-state index contributed by atoms with van der Waals surface area (Å²) < 4.78 is 2.18. The van der Waals surface area contributed by atoms with Crippen molar-refractivity contribution in [3.63, 3.8) is 0 Å². The summed E-state index contributed by atoms with van der Waals surface area (Å²) in [7, 11) is 0. The van der Waals surface area contributed by atoms with Gasteiger partial charge in [0.1, 0.15) is 12.1 Å². The smallest absolute Gasteiger partial charge is 0.165 e. The monoisotopic (exact) mass is 451 g/mol. The van der Waals surface area contributed by atoms with Crippen molar-refractivity contribution < 1.29 is 4.79 Å². The van der Waals surface area contributed by atoms with Gasteiger partial charge in [-0.15, -0.1) is 11.8 Å². The van der Waals surface area contributed by atoms with Crippen molar-refractivity contribution >= 4 is 34.3 Å². The van der Waals surface area contributed by atoms with Gasteiger partial charge in [-0.05, 0) is 35.4 Å². The predicted molar refractivity (Wildman–Crippen MR) is 133 cm³/mol. The number of anilines is 1. The Kier molecular flexibility index (Phi) is 6.07. The lowest BCUT2D eigenvalue weighted by Crippen LogP contribution is -2.28. The number of nitrogens with two attached hydrogens (primary N) is 1. The van der Waals surface area contributed by atoms with Crippen molar-refractivity contribution in [3.8, 4) is 5.69 Å². The van der Waals surface area contributed by atoms with Gasteiger partial charge in [-0.1, -0.05) is 34.6 Å². The first kappa shape index (κ1) is 22.8. The van der Waals surface area contributed by atoms with Gasteiger partial charge in [-0.3, -0.25) is 4.79 Å². The van der Waals surface area contributed by atoms with E-state index < -0.39 is 0 Å². The Morgan fingerprint density at radius 1 is 1.19 bits per heavy atom. The summed E-state index contributed by atoms with van der Waals surface area (Å²) in [5.74, 6) is 1.61. The molecule has 0 spiro atoms. The molecule has 0 atom stereocenters. The molecule has 0 saturated heterocycles. The van der Waals surface area contributed by atoms with Crippen molar-refractivity contribution in [2.75, 3.05) is 24.6 Å². The van der Waals surface area contributed by atoms with E-state index in [1.165, 1.54) is 6.33 Å². The zero-order valence-electron chi connectivity index (χ0n) is 19.7. The van der Waals surface area contributed by atoms with Gasteiger partial charge in [0, 0.05) is 48.1 Å². The van der Waals surface area contributed by atoms with Crippen LogP contribution >= 0.6 is 11.8 Å². The molecular weight excluding hydrogens is 418 g/mol. The Morgan fingerprint density at radius 2 is 1.97 bits per heavy atom. The van der Waals surface area contributed by atoms with E-state index in [2.05, 4.69) is 60.5 Å². The molecule has 3 aromatic rings. The second-order valence-electron chi connectivity index (χ2n) is 10.6. The molecule has 4 rings (SSSR count). The number of rotatable bonds is 6. The summed E-state index contributed by atoms with van der Waals surface area (Å²) in [6, 6.07) is 6.04. The number of hydrogen-bond acceptors (Lipinski definition) is 6. The van der Waals surface area contributed by atoms with Crippen LogP contribution < -0.4 is 11.1 Å². The van der Waals surface area contributed by atoms with Crippen LogP contribution in [0.5, 0.6) is 0 Å². The fraction of sp³-hybridized carbons (Fsp3) is 0.480. The molecule has 3 N–H and O–H groups in total. The Hall–Kier alpha value is -2.38. The average Bonchev–Trinajstić information content (AvgIpc) is 3.10. The maximum Gasteiger partial charge on any atom is 0.165 e. The standard InChI is InChI=1S/C25H33N5OS/c1-24(2,3)14-27-9-11-32-22-18(7-6-17-21(22)28-15-29-23(17)26)30-10-8-16-19(30)12-25(4,5)13-20(16)31/h6-8,10,15,27H,9,11-14H2,1-5H3,(H2,26,28,29). The highest BCUT2D eigenvalue weighted by Crippen LogP contribution is 2.39. The highest BCUT2D eigenvalue weighted by molar-refractivity contribution is 7.99. The Bertz CT molecular complexity index is 1160. The summed E-state index contributed by atoms with van der Waals surface area (Å²) in [5, 5.41) is 4.41. The number of aromatic nitrogens is 3. The molecule has 1 aliphatic carbocycles. The molecule has 1 aliphatic rings. The maximum absolute atomic E-state index is 12.7. The van der Waals surface area contributed by atoms with Gasteiger partial charge in [0.25, 0.3) is 0 Å². The minimum atomic E-state index is -0.0478. The van der Waals surface area contributed by atoms with Gasteiger partial charge in [0.15, 0.2) is 5.78 Å². The number of carbonyl (C=O) groups is 1. The van der Waals surface area contributed by atoms with E-state index in [9.17, 15) is 4.79 Å². The molecule has 6 nitrogen and oxygen atoms in total. The Balaban J connectivity index is 1.73. The molecule has 0 radical (unpaired) electrons. The van der Waals surface area contributed by atoms with Crippen LogP contribution in [0.1, 0.15) is 57.1 Å². The summed E-state index contributed by atoms with van der Waals surface area (Å²) >= 11 is 1.77. The predicted octanol–water partition coefficient (Wildman–Crippen LogP) is 4.89. The third-order valence-corrected chi connectivity index (χ3v) is 6.89. The number of fused-ring (bicyclic) bond motifs is 2. The molecular formula is C25H33N5OS. The fourth-order valence-corrected chi connectivity index (χ4v) is 5.37. The number of ketones is 1. The number of hydrogen-bond donors (Lipinski definition) is 2. The van der Waals surface area contributed by atoms with Crippen LogP contribution in [0.25, 0.3) is 16.6 Å². The number of nitrogens with one attached hydrogen (secondary N) is 1. The van der Waals surface area contributed by atoms with E-state index in [0.717, 1.165) is 58.0 Å². The normalized spacial score (nSPS) is 15.8. The molecule has 0 fully saturated rings. The van der Waals surface area contributed by atoms with Crippen molar-refractivity contribution in [3.05, 3.63) is 42.0 Å². The highest BCUT2D eigenvalue weighted by Gasteiger charge is 2.33.